The third kappa shape index (κ3) is 1.30. The normalized spacial score (nSPS) is 19.9. The van der Waals surface area contributed by atoms with Crippen LogP contribution in [0, 0.1) is 13.8 Å². The molecule has 1 aliphatic carbocycles. The summed E-state index contributed by atoms with van der Waals surface area (Å²) in [5.74, 6) is 0. The summed E-state index contributed by atoms with van der Waals surface area (Å²) in [4.78, 5) is 5.82. The topological polar surface area (TPSA) is 33.1 Å². The Hall–Kier alpha value is -0.410. The second-order valence-corrected chi connectivity index (χ2v) is 5.16. The van der Waals surface area contributed by atoms with Gasteiger partial charge in [0.1, 0.15) is 5.01 Å². The van der Waals surface area contributed by atoms with E-state index in [1.54, 1.807) is 11.3 Å². The molecule has 0 aromatic carbocycles. The van der Waals surface area contributed by atoms with Gasteiger partial charge in [0.15, 0.2) is 0 Å². The van der Waals surface area contributed by atoms with Gasteiger partial charge in [0, 0.05) is 10.3 Å². The summed E-state index contributed by atoms with van der Waals surface area (Å²) in [6, 6.07) is 0. The third-order valence-electron chi connectivity index (χ3n) is 3.10. The number of aliphatic hydroxyl groups is 1. The van der Waals surface area contributed by atoms with Gasteiger partial charge >= 0.3 is 0 Å². The summed E-state index contributed by atoms with van der Waals surface area (Å²) in [7, 11) is 0. The van der Waals surface area contributed by atoms with Crippen molar-refractivity contribution in [2.75, 3.05) is 6.61 Å². The molecule has 3 heteroatoms. The van der Waals surface area contributed by atoms with Crippen molar-refractivity contribution in [3.8, 4) is 0 Å². The molecule has 1 N–H and O–H groups in total. The van der Waals surface area contributed by atoms with Crippen LogP contribution in [-0.2, 0) is 5.41 Å². The summed E-state index contributed by atoms with van der Waals surface area (Å²) in [5, 5.41) is 10.5. The summed E-state index contributed by atoms with van der Waals surface area (Å²) < 4.78 is 0. The third-order valence-corrected chi connectivity index (χ3v) is 4.41. The van der Waals surface area contributed by atoms with Gasteiger partial charge in [-0.1, -0.05) is 6.42 Å². The average Bonchev–Trinajstić information content (AvgIpc) is 2.31. The zero-order chi connectivity index (χ0) is 9.47. The fraction of sp³-hybridized carbons (Fsp3) is 0.700. The van der Waals surface area contributed by atoms with Crippen molar-refractivity contribution in [3.63, 3.8) is 0 Å². The van der Waals surface area contributed by atoms with Crippen molar-refractivity contribution >= 4 is 11.3 Å². The van der Waals surface area contributed by atoms with Gasteiger partial charge in [0.2, 0.25) is 0 Å². The molecule has 0 saturated heterocycles. The molecule has 0 spiro atoms. The van der Waals surface area contributed by atoms with Crippen LogP contribution in [0.1, 0.15) is 34.8 Å². The predicted octanol–water partition coefficient (Wildman–Crippen LogP) is 2.17. The molecule has 2 rings (SSSR count). The van der Waals surface area contributed by atoms with Crippen LogP contribution in [0.2, 0.25) is 0 Å². The van der Waals surface area contributed by atoms with Crippen LogP contribution in [0.15, 0.2) is 0 Å². The van der Waals surface area contributed by atoms with Crippen LogP contribution >= 0.6 is 11.3 Å². The maximum Gasteiger partial charge on any atom is 0.102 e. The molecule has 0 bridgehead atoms. The standard InChI is InChI=1S/C10H15NOS/c1-7-8(2)13-9(11-7)10(6-12)4-3-5-10/h12H,3-6H2,1-2H3. The fourth-order valence-corrected chi connectivity index (χ4v) is 2.89. The quantitative estimate of drug-likeness (QED) is 0.788. The minimum atomic E-state index is 0.0314. The smallest absolute Gasteiger partial charge is 0.102 e. The molecular formula is C10H15NOS. The Morgan fingerprint density at radius 3 is 2.46 bits per heavy atom. The van der Waals surface area contributed by atoms with Gasteiger partial charge in [0.05, 0.1) is 12.3 Å². The summed E-state index contributed by atoms with van der Waals surface area (Å²) in [6.07, 6.45) is 3.45. The van der Waals surface area contributed by atoms with Gasteiger partial charge in [-0.05, 0) is 26.7 Å². The molecule has 1 fully saturated rings. The zero-order valence-corrected chi connectivity index (χ0v) is 8.95. The Kier molecular flexibility index (Phi) is 2.16. The Bertz CT molecular complexity index is 290. The maximum absolute atomic E-state index is 9.36. The van der Waals surface area contributed by atoms with E-state index < -0.39 is 0 Å². The van der Waals surface area contributed by atoms with Gasteiger partial charge in [-0.3, -0.25) is 0 Å². The number of thiazole rings is 1. The Balaban J connectivity index is 2.33. The van der Waals surface area contributed by atoms with Crippen LogP contribution in [0.3, 0.4) is 0 Å². The fourth-order valence-electron chi connectivity index (χ4n) is 1.74. The molecule has 2 nitrogen and oxygen atoms in total. The van der Waals surface area contributed by atoms with E-state index in [1.807, 2.05) is 6.92 Å². The number of aliphatic hydroxyl groups excluding tert-OH is 1. The summed E-state index contributed by atoms with van der Waals surface area (Å²) >= 11 is 1.75. The number of hydrogen-bond donors (Lipinski definition) is 1. The molecule has 72 valence electrons. The first kappa shape index (κ1) is 9.16. The minimum absolute atomic E-state index is 0.0314. The minimum Gasteiger partial charge on any atom is -0.395 e. The highest BCUT2D eigenvalue weighted by atomic mass is 32.1. The van der Waals surface area contributed by atoms with Gasteiger partial charge in [-0.25, -0.2) is 4.98 Å². The van der Waals surface area contributed by atoms with Crippen LogP contribution in [0.4, 0.5) is 0 Å². The first-order valence-corrected chi connectivity index (χ1v) is 5.55. The molecule has 0 aliphatic heterocycles. The molecule has 0 atom stereocenters. The Labute approximate surface area is 82.6 Å². The highest BCUT2D eigenvalue weighted by molar-refractivity contribution is 7.11. The molecule has 1 aliphatic rings. The van der Waals surface area contributed by atoms with E-state index in [4.69, 9.17) is 0 Å². The number of nitrogens with zero attached hydrogens (tertiary/aromatic N) is 1. The van der Waals surface area contributed by atoms with Crippen LogP contribution in [0.25, 0.3) is 0 Å². The highest BCUT2D eigenvalue weighted by Gasteiger charge is 2.40. The molecule has 1 heterocycles. The molecule has 1 aromatic rings. The van der Waals surface area contributed by atoms with Crippen LogP contribution < -0.4 is 0 Å². The highest BCUT2D eigenvalue weighted by Crippen LogP contribution is 2.45. The zero-order valence-electron chi connectivity index (χ0n) is 8.13. The summed E-state index contributed by atoms with van der Waals surface area (Å²) in [6.45, 7) is 4.40. The first-order valence-electron chi connectivity index (χ1n) is 4.73. The molecule has 1 saturated carbocycles. The van der Waals surface area contributed by atoms with Crippen molar-refractivity contribution in [1.82, 2.24) is 4.98 Å². The van der Waals surface area contributed by atoms with Crippen molar-refractivity contribution in [2.45, 2.75) is 38.5 Å². The van der Waals surface area contributed by atoms with Crippen LogP contribution in [-0.4, -0.2) is 16.7 Å². The SMILES string of the molecule is Cc1nc(C2(CO)CCC2)sc1C. The van der Waals surface area contributed by atoms with Crippen LogP contribution in [0.5, 0.6) is 0 Å². The number of aromatic nitrogens is 1. The van der Waals surface area contributed by atoms with E-state index in [2.05, 4.69) is 11.9 Å². The lowest BCUT2D eigenvalue weighted by atomic mass is 9.70. The van der Waals surface area contributed by atoms with Gasteiger partial charge < -0.3 is 5.11 Å². The average molecular weight is 197 g/mol. The molecule has 13 heavy (non-hydrogen) atoms. The monoisotopic (exact) mass is 197 g/mol. The van der Waals surface area contributed by atoms with Gasteiger partial charge in [-0.2, -0.15) is 0 Å². The van der Waals surface area contributed by atoms with E-state index >= 15 is 0 Å². The van der Waals surface area contributed by atoms with E-state index in [-0.39, 0.29) is 12.0 Å². The second-order valence-electron chi connectivity index (χ2n) is 3.95. The number of aryl methyl sites for hydroxylation is 2. The predicted molar refractivity (Wildman–Crippen MR) is 54.2 cm³/mol. The lowest BCUT2D eigenvalue weighted by molar-refractivity contribution is 0.120. The molecule has 0 unspecified atom stereocenters. The maximum atomic E-state index is 9.36. The lowest BCUT2D eigenvalue weighted by Gasteiger charge is -2.38. The van der Waals surface area contributed by atoms with E-state index in [0.717, 1.165) is 23.5 Å². The van der Waals surface area contributed by atoms with Crippen molar-refractivity contribution in [1.29, 1.82) is 0 Å². The summed E-state index contributed by atoms with van der Waals surface area (Å²) in [5.41, 5.74) is 1.16. The van der Waals surface area contributed by atoms with Gasteiger partial charge in [0.25, 0.3) is 0 Å². The number of rotatable bonds is 2. The molecule has 0 radical (unpaired) electrons. The van der Waals surface area contributed by atoms with E-state index in [9.17, 15) is 5.11 Å². The van der Waals surface area contributed by atoms with Gasteiger partial charge in [-0.15, -0.1) is 11.3 Å². The molecular weight excluding hydrogens is 182 g/mol. The van der Waals surface area contributed by atoms with E-state index in [1.165, 1.54) is 11.3 Å². The van der Waals surface area contributed by atoms with Crippen molar-refractivity contribution < 1.29 is 5.11 Å². The molecule has 0 amide bonds. The van der Waals surface area contributed by atoms with Crippen molar-refractivity contribution in [3.05, 3.63) is 15.6 Å². The lowest BCUT2D eigenvalue weighted by Crippen LogP contribution is -2.37. The first-order chi connectivity index (χ1) is 6.18. The van der Waals surface area contributed by atoms with Crippen molar-refractivity contribution in [2.24, 2.45) is 0 Å². The second kappa shape index (κ2) is 3.07. The Morgan fingerprint density at radius 1 is 1.46 bits per heavy atom. The van der Waals surface area contributed by atoms with E-state index in [0.29, 0.717) is 0 Å². The number of hydrogen-bond acceptors (Lipinski definition) is 3. The Morgan fingerprint density at radius 2 is 2.15 bits per heavy atom. The largest absolute Gasteiger partial charge is 0.395 e. The molecule has 1 aromatic heterocycles.